The summed E-state index contributed by atoms with van der Waals surface area (Å²) in [7, 11) is 0. The minimum Gasteiger partial charge on any atom is -0.325 e. The van der Waals surface area contributed by atoms with E-state index in [1.165, 1.54) is 0 Å². The summed E-state index contributed by atoms with van der Waals surface area (Å²) in [6, 6.07) is 15.2. The van der Waals surface area contributed by atoms with Crippen molar-refractivity contribution in [1.29, 1.82) is 0 Å². The standard InChI is InChI=1S/C21H22ClN5O.ClH/c22-16-7-5-15(6-8-16)21(11-1-2-12-21)20(28)24-17-9-3-14(4-10-17)19-25-18(13-23)26-27-19;/h3-10H,1-2,11-13,23H2,(H,24,28)(H,25,26,27);1H. The first-order valence-electron chi connectivity index (χ1n) is 9.40. The topological polar surface area (TPSA) is 96.7 Å². The molecule has 0 bridgehead atoms. The van der Waals surface area contributed by atoms with Gasteiger partial charge in [-0.25, -0.2) is 4.98 Å². The smallest absolute Gasteiger partial charge is 0.235 e. The van der Waals surface area contributed by atoms with Crippen molar-refractivity contribution in [2.45, 2.75) is 37.6 Å². The average molecular weight is 432 g/mol. The molecule has 1 aromatic heterocycles. The van der Waals surface area contributed by atoms with Crippen LogP contribution in [0.3, 0.4) is 0 Å². The van der Waals surface area contributed by atoms with Crippen molar-refractivity contribution in [3.63, 3.8) is 0 Å². The Labute approximate surface area is 180 Å². The Morgan fingerprint density at radius 1 is 1.10 bits per heavy atom. The molecular weight excluding hydrogens is 409 g/mol. The molecule has 1 saturated carbocycles. The van der Waals surface area contributed by atoms with Crippen LogP contribution in [0.15, 0.2) is 48.5 Å². The minimum absolute atomic E-state index is 0. The number of carbonyl (C=O) groups excluding carboxylic acids is 1. The van der Waals surface area contributed by atoms with Crippen molar-refractivity contribution in [3.8, 4) is 11.4 Å². The van der Waals surface area contributed by atoms with Crippen LogP contribution in [-0.4, -0.2) is 21.1 Å². The highest BCUT2D eigenvalue weighted by molar-refractivity contribution is 6.30. The van der Waals surface area contributed by atoms with Crippen LogP contribution in [-0.2, 0) is 16.8 Å². The first-order valence-corrected chi connectivity index (χ1v) is 9.78. The van der Waals surface area contributed by atoms with Gasteiger partial charge in [-0.2, -0.15) is 5.10 Å². The van der Waals surface area contributed by atoms with Crippen LogP contribution in [0.2, 0.25) is 5.02 Å². The summed E-state index contributed by atoms with van der Waals surface area (Å²) in [6.07, 6.45) is 3.78. The van der Waals surface area contributed by atoms with E-state index in [9.17, 15) is 4.79 Å². The molecule has 1 aliphatic rings. The van der Waals surface area contributed by atoms with Crippen molar-refractivity contribution in [2.24, 2.45) is 5.73 Å². The van der Waals surface area contributed by atoms with Crippen molar-refractivity contribution >= 4 is 35.6 Å². The fraction of sp³-hybridized carbons (Fsp3) is 0.286. The number of nitrogens with one attached hydrogen (secondary N) is 2. The van der Waals surface area contributed by atoms with E-state index in [1.54, 1.807) is 0 Å². The van der Waals surface area contributed by atoms with E-state index in [4.69, 9.17) is 17.3 Å². The maximum absolute atomic E-state index is 13.2. The van der Waals surface area contributed by atoms with Gasteiger partial charge in [0, 0.05) is 16.3 Å². The zero-order valence-corrected chi connectivity index (χ0v) is 17.4. The van der Waals surface area contributed by atoms with E-state index in [0.717, 1.165) is 42.5 Å². The molecule has 4 rings (SSSR count). The molecular formula is C21H23Cl2N5O. The van der Waals surface area contributed by atoms with Crippen LogP contribution in [0.5, 0.6) is 0 Å². The second-order valence-corrected chi connectivity index (χ2v) is 7.57. The molecule has 0 radical (unpaired) electrons. The molecule has 29 heavy (non-hydrogen) atoms. The van der Waals surface area contributed by atoms with E-state index >= 15 is 0 Å². The molecule has 1 fully saturated rings. The number of hydrogen-bond donors (Lipinski definition) is 3. The summed E-state index contributed by atoms with van der Waals surface area (Å²) in [4.78, 5) is 17.6. The highest BCUT2D eigenvalue weighted by Gasteiger charge is 2.42. The summed E-state index contributed by atoms with van der Waals surface area (Å²) in [5, 5.41) is 10.7. The van der Waals surface area contributed by atoms with Crippen LogP contribution in [0.4, 0.5) is 5.69 Å². The van der Waals surface area contributed by atoms with Gasteiger partial charge in [0.1, 0.15) is 5.82 Å². The number of H-pyrrole nitrogens is 1. The summed E-state index contributed by atoms with van der Waals surface area (Å²) >= 11 is 6.03. The highest BCUT2D eigenvalue weighted by atomic mass is 35.5. The lowest BCUT2D eigenvalue weighted by molar-refractivity contribution is -0.121. The summed E-state index contributed by atoms with van der Waals surface area (Å²) in [5.41, 5.74) is 7.71. The number of aromatic amines is 1. The van der Waals surface area contributed by atoms with Crippen LogP contribution in [0, 0.1) is 0 Å². The van der Waals surface area contributed by atoms with Crippen LogP contribution < -0.4 is 11.1 Å². The summed E-state index contributed by atoms with van der Waals surface area (Å²) in [6.45, 7) is 0.313. The zero-order chi connectivity index (χ0) is 19.6. The number of hydrogen-bond acceptors (Lipinski definition) is 4. The van der Waals surface area contributed by atoms with E-state index < -0.39 is 5.41 Å². The van der Waals surface area contributed by atoms with Crippen molar-refractivity contribution in [2.75, 3.05) is 5.32 Å². The first kappa shape index (κ1) is 21.3. The largest absolute Gasteiger partial charge is 0.325 e. The molecule has 1 aliphatic carbocycles. The number of anilines is 1. The van der Waals surface area contributed by atoms with Crippen molar-refractivity contribution < 1.29 is 4.79 Å². The quantitative estimate of drug-likeness (QED) is 0.555. The van der Waals surface area contributed by atoms with Gasteiger partial charge >= 0.3 is 0 Å². The number of rotatable bonds is 5. The molecule has 0 saturated heterocycles. The summed E-state index contributed by atoms with van der Waals surface area (Å²) in [5.74, 6) is 1.26. The molecule has 1 amide bonds. The Morgan fingerprint density at radius 2 is 1.76 bits per heavy atom. The minimum atomic E-state index is -0.497. The number of benzene rings is 2. The van der Waals surface area contributed by atoms with Crippen molar-refractivity contribution in [3.05, 3.63) is 64.9 Å². The van der Waals surface area contributed by atoms with Gasteiger partial charge in [-0.1, -0.05) is 36.6 Å². The molecule has 6 nitrogen and oxygen atoms in total. The SMILES string of the molecule is Cl.NCc1nc(-c2ccc(NC(=O)C3(c4ccc(Cl)cc4)CCCC3)cc2)n[nH]1. The van der Waals surface area contributed by atoms with E-state index in [1.807, 2.05) is 48.5 Å². The van der Waals surface area contributed by atoms with Gasteiger partial charge in [0.25, 0.3) is 0 Å². The molecule has 0 aliphatic heterocycles. The molecule has 8 heteroatoms. The van der Waals surface area contributed by atoms with Gasteiger partial charge in [0.2, 0.25) is 5.91 Å². The Kier molecular flexibility index (Phi) is 6.57. The fourth-order valence-electron chi connectivity index (χ4n) is 3.86. The van der Waals surface area contributed by atoms with Crippen LogP contribution in [0.25, 0.3) is 11.4 Å². The molecule has 0 unspecified atom stereocenters. The van der Waals surface area contributed by atoms with E-state index in [-0.39, 0.29) is 18.3 Å². The number of aromatic nitrogens is 3. The van der Waals surface area contributed by atoms with Gasteiger partial charge in [-0.05, 0) is 54.8 Å². The van der Waals surface area contributed by atoms with Gasteiger partial charge < -0.3 is 11.1 Å². The second-order valence-electron chi connectivity index (χ2n) is 7.14. The molecule has 152 valence electrons. The summed E-state index contributed by atoms with van der Waals surface area (Å²) < 4.78 is 0. The van der Waals surface area contributed by atoms with E-state index in [2.05, 4.69) is 20.5 Å². The lowest BCUT2D eigenvalue weighted by Crippen LogP contribution is -2.37. The fourth-order valence-corrected chi connectivity index (χ4v) is 3.99. The number of halogens is 2. The van der Waals surface area contributed by atoms with Crippen LogP contribution in [0.1, 0.15) is 37.1 Å². The molecule has 0 atom stereocenters. The number of nitrogens with zero attached hydrogens (tertiary/aromatic N) is 2. The normalized spacial score (nSPS) is 15.0. The second kappa shape index (κ2) is 8.95. The number of nitrogens with two attached hydrogens (primary N) is 1. The molecule has 2 aromatic carbocycles. The van der Waals surface area contributed by atoms with Crippen LogP contribution >= 0.6 is 24.0 Å². The Balaban J connectivity index is 0.00000240. The maximum Gasteiger partial charge on any atom is 0.235 e. The van der Waals surface area contributed by atoms with Gasteiger partial charge in [-0.3, -0.25) is 9.89 Å². The molecule has 3 aromatic rings. The van der Waals surface area contributed by atoms with Crippen molar-refractivity contribution in [1.82, 2.24) is 15.2 Å². The third kappa shape index (κ3) is 4.29. The Hall–Kier alpha value is -2.41. The molecule has 1 heterocycles. The monoisotopic (exact) mass is 431 g/mol. The lowest BCUT2D eigenvalue weighted by atomic mass is 9.78. The Morgan fingerprint density at radius 3 is 2.34 bits per heavy atom. The third-order valence-electron chi connectivity index (χ3n) is 5.41. The zero-order valence-electron chi connectivity index (χ0n) is 15.8. The number of carbonyl (C=O) groups is 1. The predicted octanol–water partition coefficient (Wildman–Crippen LogP) is 4.46. The van der Waals surface area contributed by atoms with Gasteiger partial charge in [0.05, 0.1) is 12.0 Å². The van der Waals surface area contributed by atoms with E-state index in [0.29, 0.717) is 23.2 Å². The number of amides is 1. The van der Waals surface area contributed by atoms with Gasteiger partial charge in [0.15, 0.2) is 5.82 Å². The third-order valence-corrected chi connectivity index (χ3v) is 5.67. The average Bonchev–Trinajstić information content (AvgIpc) is 3.39. The lowest BCUT2D eigenvalue weighted by Gasteiger charge is -2.28. The van der Waals surface area contributed by atoms with Gasteiger partial charge in [-0.15, -0.1) is 12.4 Å². The molecule has 0 spiro atoms. The predicted molar refractivity (Wildman–Crippen MR) is 117 cm³/mol. The maximum atomic E-state index is 13.2. The molecule has 4 N–H and O–H groups in total. The highest BCUT2D eigenvalue weighted by Crippen LogP contribution is 2.42. The Bertz CT molecular complexity index is 963. The first-order chi connectivity index (χ1) is 13.6.